The highest BCUT2D eigenvalue weighted by molar-refractivity contribution is 7.91. The number of anilines is 1. The predicted octanol–water partition coefficient (Wildman–Crippen LogP) is 0.684. The standard InChI is InChI=1S/C12H15N3O4S2/c1-8-11(20-12(16)15-8)21(17,18)14-5-6-19-10-4-2-3-9(13)7-10/h2-4,7,14H,5-6,13H2,1H3,(H,15,16). The third-order valence-electron chi connectivity index (χ3n) is 2.55. The molecular weight excluding hydrogens is 314 g/mol. The monoisotopic (exact) mass is 329 g/mol. The lowest BCUT2D eigenvalue weighted by molar-refractivity contribution is 0.323. The van der Waals surface area contributed by atoms with Crippen molar-refractivity contribution < 1.29 is 13.2 Å². The smallest absolute Gasteiger partial charge is 0.305 e. The van der Waals surface area contributed by atoms with Crippen LogP contribution in [0.2, 0.25) is 0 Å². The van der Waals surface area contributed by atoms with Crippen LogP contribution in [0.4, 0.5) is 5.69 Å². The van der Waals surface area contributed by atoms with E-state index in [0.29, 0.717) is 28.5 Å². The van der Waals surface area contributed by atoms with Gasteiger partial charge in [0.15, 0.2) is 4.21 Å². The van der Waals surface area contributed by atoms with Gasteiger partial charge >= 0.3 is 4.87 Å². The van der Waals surface area contributed by atoms with E-state index >= 15 is 0 Å². The van der Waals surface area contributed by atoms with E-state index in [9.17, 15) is 13.2 Å². The number of thiazole rings is 1. The van der Waals surface area contributed by atoms with E-state index in [0.717, 1.165) is 0 Å². The molecule has 1 heterocycles. The Morgan fingerprint density at radius 1 is 1.43 bits per heavy atom. The summed E-state index contributed by atoms with van der Waals surface area (Å²) >= 11 is 0.659. The van der Waals surface area contributed by atoms with Crippen molar-refractivity contribution in [2.24, 2.45) is 0 Å². The van der Waals surface area contributed by atoms with Crippen molar-refractivity contribution in [1.82, 2.24) is 9.71 Å². The van der Waals surface area contributed by atoms with E-state index in [-0.39, 0.29) is 17.4 Å². The van der Waals surface area contributed by atoms with Gasteiger partial charge in [-0.1, -0.05) is 17.4 Å². The molecule has 114 valence electrons. The van der Waals surface area contributed by atoms with E-state index in [2.05, 4.69) is 9.71 Å². The summed E-state index contributed by atoms with van der Waals surface area (Å²) in [7, 11) is -3.70. The summed E-state index contributed by atoms with van der Waals surface area (Å²) in [6.45, 7) is 1.78. The summed E-state index contributed by atoms with van der Waals surface area (Å²) < 4.78 is 31.8. The minimum Gasteiger partial charge on any atom is -0.492 e. The molecule has 1 aromatic carbocycles. The normalized spacial score (nSPS) is 11.5. The highest BCUT2D eigenvalue weighted by Crippen LogP contribution is 2.16. The van der Waals surface area contributed by atoms with Crippen molar-refractivity contribution in [1.29, 1.82) is 0 Å². The highest BCUT2D eigenvalue weighted by atomic mass is 32.2. The van der Waals surface area contributed by atoms with Gasteiger partial charge in [0, 0.05) is 24.0 Å². The quantitative estimate of drug-likeness (QED) is 0.533. The molecule has 4 N–H and O–H groups in total. The number of hydrogen-bond donors (Lipinski definition) is 3. The zero-order valence-corrected chi connectivity index (χ0v) is 12.9. The van der Waals surface area contributed by atoms with Crippen molar-refractivity contribution in [2.75, 3.05) is 18.9 Å². The SMILES string of the molecule is Cc1[nH]c(=O)sc1S(=O)(=O)NCCOc1cccc(N)c1. The van der Waals surface area contributed by atoms with Crippen LogP contribution in [0, 0.1) is 6.92 Å². The molecule has 0 atom stereocenters. The van der Waals surface area contributed by atoms with Gasteiger partial charge in [0.25, 0.3) is 10.0 Å². The number of hydrogen-bond acceptors (Lipinski definition) is 6. The molecule has 0 aliphatic carbocycles. The second-order valence-corrected chi connectivity index (χ2v) is 7.19. The van der Waals surface area contributed by atoms with Crippen LogP contribution in [0.25, 0.3) is 0 Å². The van der Waals surface area contributed by atoms with E-state index in [1.165, 1.54) is 6.92 Å². The molecule has 2 rings (SSSR count). The molecule has 21 heavy (non-hydrogen) atoms. The molecule has 2 aromatic rings. The number of aromatic nitrogens is 1. The number of aromatic amines is 1. The summed E-state index contributed by atoms with van der Waals surface area (Å²) in [6, 6.07) is 6.85. The van der Waals surface area contributed by atoms with Gasteiger partial charge in [0.05, 0.1) is 0 Å². The number of sulfonamides is 1. The Morgan fingerprint density at radius 3 is 2.81 bits per heavy atom. The molecule has 7 nitrogen and oxygen atoms in total. The maximum Gasteiger partial charge on any atom is 0.305 e. The van der Waals surface area contributed by atoms with Crippen molar-refractivity contribution in [3.05, 3.63) is 39.6 Å². The van der Waals surface area contributed by atoms with Gasteiger partial charge < -0.3 is 15.5 Å². The van der Waals surface area contributed by atoms with Gasteiger partial charge in [-0.3, -0.25) is 4.79 Å². The van der Waals surface area contributed by atoms with E-state index in [4.69, 9.17) is 10.5 Å². The molecule has 0 radical (unpaired) electrons. The fourth-order valence-electron chi connectivity index (χ4n) is 1.66. The zero-order chi connectivity index (χ0) is 15.5. The number of benzene rings is 1. The third kappa shape index (κ3) is 4.06. The van der Waals surface area contributed by atoms with Crippen LogP contribution < -0.4 is 20.1 Å². The first-order valence-corrected chi connectivity index (χ1v) is 8.36. The van der Waals surface area contributed by atoms with Gasteiger partial charge in [-0.15, -0.1) is 0 Å². The minimum atomic E-state index is -3.70. The summed E-state index contributed by atoms with van der Waals surface area (Å²) in [6.07, 6.45) is 0. The van der Waals surface area contributed by atoms with Crippen LogP contribution in [0.5, 0.6) is 5.75 Å². The van der Waals surface area contributed by atoms with Gasteiger partial charge in [-0.2, -0.15) is 0 Å². The van der Waals surface area contributed by atoms with E-state index in [1.54, 1.807) is 24.3 Å². The number of aryl methyl sites for hydroxylation is 1. The minimum absolute atomic E-state index is 0.00328. The Bertz CT molecular complexity index is 780. The number of nitrogen functional groups attached to an aromatic ring is 1. The second-order valence-electron chi connectivity index (χ2n) is 4.25. The fraction of sp³-hybridized carbons (Fsp3) is 0.250. The predicted molar refractivity (Wildman–Crippen MR) is 81.2 cm³/mol. The molecule has 0 amide bonds. The molecule has 0 unspecified atom stereocenters. The summed E-state index contributed by atoms with van der Waals surface area (Å²) in [5, 5.41) is 0. The van der Waals surface area contributed by atoms with Crippen LogP contribution in [0.3, 0.4) is 0 Å². The lowest BCUT2D eigenvalue weighted by Gasteiger charge is -2.08. The van der Waals surface area contributed by atoms with E-state index in [1.807, 2.05) is 0 Å². The van der Waals surface area contributed by atoms with Crippen LogP contribution in [0.1, 0.15) is 5.69 Å². The second kappa shape index (κ2) is 6.29. The zero-order valence-electron chi connectivity index (χ0n) is 11.3. The first-order chi connectivity index (χ1) is 9.88. The average Bonchev–Trinajstić information content (AvgIpc) is 2.75. The Hall–Kier alpha value is -1.84. The fourth-order valence-corrected chi connectivity index (χ4v) is 4.02. The van der Waals surface area contributed by atoms with Crippen molar-refractivity contribution in [3.8, 4) is 5.75 Å². The number of H-pyrrole nitrogens is 1. The Labute approximate surface area is 125 Å². The maximum atomic E-state index is 12.0. The van der Waals surface area contributed by atoms with Crippen LogP contribution >= 0.6 is 11.3 Å². The molecule has 0 saturated carbocycles. The summed E-state index contributed by atoms with van der Waals surface area (Å²) in [5.74, 6) is 0.566. The average molecular weight is 329 g/mol. The lowest BCUT2D eigenvalue weighted by Crippen LogP contribution is -2.28. The van der Waals surface area contributed by atoms with Crippen molar-refractivity contribution in [3.63, 3.8) is 0 Å². The maximum absolute atomic E-state index is 12.0. The molecule has 1 aromatic heterocycles. The first kappa shape index (κ1) is 15.5. The van der Waals surface area contributed by atoms with Crippen LogP contribution in [0.15, 0.2) is 33.3 Å². The lowest BCUT2D eigenvalue weighted by atomic mass is 10.3. The molecule has 0 spiro atoms. The van der Waals surface area contributed by atoms with Crippen LogP contribution in [-0.4, -0.2) is 26.6 Å². The van der Waals surface area contributed by atoms with Gasteiger partial charge in [0.1, 0.15) is 12.4 Å². The summed E-state index contributed by atoms with van der Waals surface area (Å²) in [4.78, 5) is 13.2. The van der Waals surface area contributed by atoms with Crippen molar-refractivity contribution in [2.45, 2.75) is 11.1 Å². The Kier molecular flexibility index (Phi) is 4.66. The molecular formula is C12H15N3O4S2. The topological polar surface area (TPSA) is 114 Å². The Morgan fingerprint density at radius 2 is 2.19 bits per heavy atom. The van der Waals surface area contributed by atoms with Gasteiger partial charge in [0.2, 0.25) is 0 Å². The van der Waals surface area contributed by atoms with Crippen molar-refractivity contribution >= 4 is 27.0 Å². The Balaban J connectivity index is 1.91. The van der Waals surface area contributed by atoms with Crippen LogP contribution in [-0.2, 0) is 10.0 Å². The first-order valence-electron chi connectivity index (χ1n) is 6.06. The van der Waals surface area contributed by atoms with Gasteiger partial charge in [-0.25, -0.2) is 13.1 Å². The molecule has 9 heteroatoms. The summed E-state index contributed by atoms with van der Waals surface area (Å²) in [5.41, 5.74) is 6.50. The molecule has 0 bridgehead atoms. The highest BCUT2D eigenvalue weighted by Gasteiger charge is 2.19. The number of rotatable bonds is 6. The number of nitrogens with one attached hydrogen (secondary N) is 2. The van der Waals surface area contributed by atoms with E-state index < -0.39 is 14.9 Å². The van der Waals surface area contributed by atoms with Gasteiger partial charge in [-0.05, 0) is 19.1 Å². The molecule has 0 saturated heterocycles. The number of nitrogens with two attached hydrogens (primary N) is 1. The molecule has 0 aliphatic rings. The number of ether oxygens (including phenoxy) is 1. The third-order valence-corrected chi connectivity index (χ3v) is 5.61. The largest absolute Gasteiger partial charge is 0.492 e. The molecule has 0 aliphatic heterocycles. The molecule has 0 fully saturated rings.